The first kappa shape index (κ1) is 23.1. The van der Waals surface area contributed by atoms with Crippen LogP contribution in [0.1, 0.15) is 53.2 Å². The minimum atomic E-state index is -1.18. The van der Waals surface area contributed by atoms with E-state index in [4.69, 9.17) is 23.2 Å². The molecule has 0 fully saturated rings. The quantitative estimate of drug-likeness (QED) is 0.396. The molecule has 0 spiro atoms. The van der Waals surface area contributed by atoms with E-state index >= 15 is 0 Å². The molecule has 1 aliphatic rings. The molecule has 1 aliphatic carbocycles. The van der Waals surface area contributed by atoms with Gasteiger partial charge in [-0.3, -0.25) is 9.59 Å². The van der Waals surface area contributed by atoms with Crippen molar-refractivity contribution in [2.45, 2.75) is 38.1 Å². The monoisotopic (exact) mass is 462 g/mol. The molecule has 2 amide bonds. The maximum absolute atomic E-state index is 12.6. The van der Waals surface area contributed by atoms with Crippen molar-refractivity contribution >= 4 is 41.0 Å². The van der Waals surface area contributed by atoms with Gasteiger partial charge in [0.05, 0.1) is 27.6 Å². The zero-order valence-electron chi connectivity index (χ0n) is 16.9. The van der Waals surface area contributed by atoms with E-state index in [0.29, 0.717) is 0 Å². The lowest BCUT2D eigenvalue weighted by molar-refractivity contribution is -0.141. The molecule has 0 aromatic heterocycles. The summed E-state index contributed by atoms with van der Waals surface area (Å²) in [5.74, 6) is -2.77. The van der Waals surface area contributed by atoms with Crippen LogP contribution < -0.4 is 10.6 Å². The number of urea groups is 1. The van der Waals surface area contributed by atoms with Crippen molar-refractivity contribution in [3.05, 3.63) is 69.2 Å². The Morgan fingerprint density at radius 3 is 2.45 bits per heavy atom. The molecule has 0 saturated carbocycles. The number of carbonyl (C=O) groups is 3. The molecule has 0 bridgehead atoms. The van der Waals surface area contributed by atoms with Gasteiger partial charge in [-0.25, -0.2) is 4.79 Å². The normalized spacial score (nSPS) is 16.5. The second kappa shape index (κ2) is 10.6. The number of fused-ring (bicyclic) bond motifs is 1. The number of carboxylic acids is 1. The third-order valence-corrected chi connectivity index (χ3v) is 6.09. The van der Waals surface area contributed by atoms with Crippen molar-refractivity contribution in [2.75, 3.05) is 6.54 Å². The summed E-state index contributed by atoms with van der Waals surface area (Å²) < 4.78 is 0. The zero-order chi connectivity index (χ0) is 22.4. The minimum absolute atomic E-state index is 0.0941. The Labute approximate surface area is 190 Å². The lowest BCUT2D eigenvalue weighted by atomic mass is 9.98. The topological polar surface area (TPSA) is 95.5 Å². The van der Waals surface area contributed by atoms with Crippen molar-refractivity contribution in [1.29, 1.82) is 0 Å². The van der Waals surface area contributed by atoms with Gasteiger partial charge in [0, 0.05) is 13.0 Å². The fourth-order valence-corrected chi connectivity index (χ4v) is 4.44. The van der Waals surface area contributed by atoms with Gasteiger partial charge in [0.15, 0.2) is 5.78 Å². The number of ketones is 1. The number of aryl methyl sites for hydroxylation is 1. The molecule has 0 radical (unpaired) electrons. The van der Waals surface area contributed by atoms with Gasteiger partial charge in [-0.2, -0.15) is 0 Å². The molecule has 3 N–H and O–H groups in total. The molecule has 0 saturated heterocycles. The van der Waals surface area contributed by atoms with Crippen molar-refractivity contribution in [2.24, 2.45) is 5.92 Å². The molecule has 3 rings (SSSR count). The molecule has 8 heteroatoms. The molecule has 0 heterocycles. The highest BCUT2D eigenvalue weighted by atomic mass is 35.5. The Bertz CT molecular complexity index is 960. The number of carbonyl (C=O) groups excluding carboxylic acids is 2. The Morgan fingerprint density at radius 1 is 1.03 bits per heavy atom. The number of amides is 2. The Kier molecular flexibility index (Phi) is 7.93. The van der Waals surface area contributed by atoms with Crippen LogP contribution in [0.4, 0.5) is 4.79 Å². The van der Waals surface area contributed by atoms with Crippen molar-refractivity contribution in [3.8, 4) is 0 Å². The molecular formula is C23H24Cl2N2O4. The summed E-state index contributed by atoms with van der Waals surface area (Å²) in [6.07, 6.45) is 3.51. The molecule has 31 heavy (non-hydrogen) atoms. The lowest BCUT2D eigenvalue weighted by Gasteiger charge is -2.20. The average Bonchev–Trinajstić information content (AvgIpc) is 2.93. The fraction of sp³-hybridized carbons (Fsp3) is 0.348. The fourth-order valence-electron chi connectivity index (χ4n) is 3.83. The number of hydrogen-bond acceptors (Lipinski definition) is 3. The van der Waals surface area contributed by atoms with E-state index in [1.54, 1.807) is 6.07 Å². The van der Waals surface area contributed by atoms with E-state index in [2.05, 4.69) is 16.7 Å². The summed E-state index contributed by atoms with van der Waals surface area (Å²) >= 11 is 12.1. The summed E-state index contributed by atoms with van der Waals surface area (Å²) in [6.45, 7) is -0.191. The predicted octanol–water partition coefficient (Wildman–Crippen LogP) is 5.03. The third-order valence-electron chi connectivity index (χ3n) is 5.46. The first-order valence-electron chi connectivity index (χ1n) is 10.2. The highest BCUT2D eigenvalue weighted by molar-refractivity contribution is 6.39. The van der Waals surface area contributed by atoms with Crippen LogP contribution in [0.2, 0.25) is 10.0 Å². The third kappa shape index (κ3) is 5.99. The summed E-state index contributed by atoms with van der Waals surface area (Å²) in [5.41, 5.74) is 2.40. The SMILES string of the molecule is O=C(NC[C@H](CC(=O)c1c(Cl)cccc1Cl)C(=O)O)NC1CCCCc2ccccc21. The highest BCUT2D eigenvalue weighted by Gasteiger charge is 2.26. The van der Waals surface area contributed by atoms with E-state index in [0.717, 1.165) is 31.2 Å². The van der Waals surface area contributed by atoms with Crippen molar-refractivity contribution in [1.82, 2.24) is 10.6 Å². The number of carboxylic acid groups (broad SMARTS) is 1. The van der Waals surface area contributed by atoms with E-state index < -0.39 is 23.7 Å². The second-order valence-electron chi connectivity index (χ2n) is 7.61. The van der Waals surface area contributed by atoms with Gasteiger partial charge in [-0.1, -0.05) is 60.0 Å². The van der Waals surface area contributed by atoms with Crippen molar-refractivity contribution < 1.29 is 19.5 Å². The van der Waals surface area contributed by atoms with Crippen LogP contribution in [-0.2, 0) is 11.2 Å². The largest absolute Gasteiger partial charge is 0.481 e. The molecule has 1 unspecified atom stereocenters. The summed E-state index contributed by atoms with van der Waals surface area (Å²) in [4.78, 5) is 36.7. The number of benzene rings is 2. The maximum atomic E-state index is 12.6. The van der Waals surface area contributed by atoms with Crippen LogP contribution in [0, 0.1) is 5.92 Å². The van der Waals surface area contributed by atoms with Gasteiger partial charge in [0.25, 0.3) is 0 Å². The van der Waals surface area contributed by atoms with E-state index in [1.807, 2.05) is 18.2 Å². The number of Topliss-reactive ketones (excluding diaryl/α,β-unsaturated/α-hetero) is 1. The van der Waals surface area contributed by atoms with Crippen LogP contribution in [0.3, 0.4) is 0 Å². The number of rotatable bonds is 7. The second-order valence-corrected chi connectivity index (χ2v) is 8.43. The zero-order valence-corrected chi connectivity index (χ0v) is 18.4. The van der Waals surface area contributed by atoms with Crippen LogP contribution >= 0.6 is 23.2 Å². The summed E-state index contributed by atoms with van der Waals surface area (Å²) in [6, 6.07) is 12.1. The van der Waals surface area contributed by atoms with Crippen LogP contribution in [0.15, 0.2) is 42.5 Å². The Morgan fingerprint density at radius 2 is 1.74 bits per heavy atom. The summed E-state index contributed by atoms with van der Waals surface area (Å²) in [5, 5.41) is 15.4. The van der Waals surface area contributed by atoms with E-state index in [1.165, 1.54) is 17.7 Å². The molecule has 6 nitrogen and oxygen atoms in total. The van der Waals surface area contributed by atoms with Gasteiger partial charge in [0.2, 0.25) is 0 Å². The van der Waals surface area contributed by atoms with Crippen LogP contribution in [-0.4, -0.2) is 29.4 Å². The van der Waals surface area contributed by atoms with E-state index in [-0.39, 0.29) is 34.6 Å². The molecular weight excluding hydrogens is 439 g/mol. The van der Waals surface area contributed by atoms with Gasteiger partial charge in [-0.15, -0.1) is 0 Å². The first-order valence-corrected chi connectivity index (χ1v) is 10.9. The molecule has 0 aliphatic heterocycles. The number of nitrogens with one attached hydrogen (secondary N) is 2. The van der Waals surface area contributed by atoms with Gasteiger partial charge in [-0.05, 0) is 42.5 Å². The maximum Gasteiger partial charge on any atom is 0.315 e. The van der Waals surface area contributed by atoms with Gasteiger partial charge >= 0.3 is 12.0 Å². The standard InChI is InChI=1S/C23H24Cl2N2O4/c24-17-9-5-10-18(25)21(17)20(28)12-15(22(29)30)13-26-23(31)27-19-11-4-2-7-14-6-1-3-8-16(14)19/h1,3,5-6,8-10,15,19H,2,4,7,11-13H2,(H,29,30)(H2,26,27,31)/t15-,19?/m0/s1. The number of aliphatic carboxylic acids is 1. The minimum Gasteiger partial charge on any atom is -0.481 e. The van der Waals surface area contributed by atoms with Crippen LogP contribution in [0.5, 0.6) is 0 Å². The van der Waals surface area contributed by atoms with Gasteiger partial charge in [0.1, 0.15) is 0 Å². The van der Waals surface area contributed by atoms with Crippen LogP contribution in [0.25, 0.3) is 0 Å². The molecule has 2 aromatic rings. The molecule has 2 atom stereocenters. The molecule has 2 aromatic carbocycles. The smallest absolute Gasteiger partial charge is 0.315 e. The molecule has 164 valence electrons. The Balaban J connectivity index is 1.61. The lowest BCUT2D eigenvalue weighted by Crippen LogP contribution is -2.42. The van der Waals surface area contributed by atoms with Gasteiger partial charge < -0.3 is 15.7 Å². The van der Waals surface area contributed by atoms with E-state index in [9.17, 15) is 19.5 Å². The Hall–Kier alpha value is -2.57. The first-order chi connectivity index (χ1) is 14.9. The predicted molar refractivity (Wildman–Crippen MR) is 120 cm³/mol. The average molecular weight is 463 g/mol. The van der Waals surface area contributed by atoms with Crippen molar-refractivity contribution in [3.63, 3.8) is 0 Å². The number of halogens is 2. The highest BCUT2D eigenvalue weighted by Crippen LogP contribution is 2.29. The summed E-state index contributed by atoms with van der Waals surface area (Å²) in [7, 11) is 0. The number of hydrogen-bond donors (Lipinski definition) is 3.